The van der Waals surface area contributed by atoms with Gasteiger partial charge in [0.25, 0.3) is 0 Å². The Hall–Kier alpha value is -2.66. The van der Waals surface area contributed by atoms with Crippen LogP contribution in [0.2, 0.25) is 0 Å². The molecule has 0 fully saturated rings. The van der Waals surface area contributed by atoms with Crippen molar-refractivity contribution in [2.75, 3.05) is 11.9 Å². The molecule has 0 unspecified atom stereocenters. The summed E-state index contributed by atoms with van der Waals surface area (Å²) in [6.07, 6.45) is 1.23. The minimum atomic E-state index is 0.0353. The van der Waals surface area contributed by atoms with Crippen molar-refractivity contribution in [3.05, 3.63) is 59.9 Å². The van der Waals surface area contributed by atoms with Crippen LogP contribution in [0.25, 0.3) is 11.0 Å². The van der Waals surface area contributed by atoms with E-state index in [1.165, 1.54) is 5.56 Å². The number of nitrogens with one attached hydrogen (secondary N) is 1. The zero-order valence-corrected chi connectivity index (χ0v) is 16.0. The minimum absolute atomic E-state index is 0.0353. The van der Waals surface area contributed by atoms with Crippen LogP contribution in [-0.4, -0.2) is 32.9 Å². The monoisotopic (exact) mass is 362 g/mol. The summed E-state index contributed by atoms with van der Waals surface area (Å²) in [5.74, 6) is 1.14. The largest absolute Gasteiger partial charge is 0.326 e. The fourth-order valence-corrected chi connectivity index (χ4v) is 3.68. The van der Waals surface area contributed by atoms with Crippen LogP contribution in [0.3, 0.4) is 0 Å². The molecule has 140 valence electrons. The molecule has 1 aliphatic heterocycles. The van der Waals surface area contributed by atoms with Gasteiger partial charge in [0.05, 0.1) is 17.6 Å². The molecule has 0 aliphatic carbocycles. The zero-order valence-electron chi connectivity index (χ0n) is 16.0. The van der Waals surface area contributed by atoms with Gasteiger partial charge in [-0.05, 0) is 44.0 Å². The lowest BCUT2D eigenvalue weighted by molar-refractivity contribution is -0.116. The molecule has 0 spiro atoms. The average Bonchev–Trinajstić information content (AvgIpc) is 3.04. The van der Waals surface area contributed by atoms with Gasteiger partial charge in [-0.1, -0.05) is 30.3 Å². The number of aryl methyl sites for hydroxylation is 1. The van der Waals surface area contributed by atoms with Gasteiger partial charge in [-0.3, -0.25) is 9.69 Å². The number of aromatic nitrogens is 2. The molecule has 0 atom stereocenters. The van der Waals surface area contributed by atoms with Gasteiger partial charge in [-0.15, -0.1) is 0 Å². The summed E-state index contributed by atoms with van der Waals surface area (Å²) in [5.41, 5.74) is 4.10. The van der Waals surface area contributed by atoms with Crippen molar-refractivity contribution in [1.29, 1.82) is 0 Å². The predicted octanol–water partition coefficient (Wildman–Crippen LogP) is 3.83. The third kappa shape index (κ3) is 3.88. The van der Waals surface area contributed by atoms with Crippen LogP contribution in [0.5, 0.6) is 0 Å². The lowest BCUT2D eigenvalue weighted by Crippen LogP contribution is -2.38. The van der Waals surface area contributed by atoms with Gasteiger partial charge < -0.3 is 9.88 Å². The van der Waals surface area contributed by atoms with E-state index < -0.39 is 0 Å². The number of anilines is 1. The molecule has 0 bridgehead atoms. The maximum Gasteiger partial charge on any atom is 0.224 e. The fourth-order valence-electron chi connectivity index (χ4n) is 3.68. The first kappa shape index (κ1) is 17.7. The van der Waals surface area contributed by atoms with Crippen molar-refractivity contribution in [1.82, 2.24) is 14.5 Å². The van der Waals surface area contributed by atoms with E-state index in [9.17, 15) is 4.79 Å². The number of hydrogen-bond donors (Lipinski definition) is 1. The highest BCUT2D eigenvalue weighted by Crippen LogP contribution is 2.24. The fraction of sp³-hybridized carbons (Fsp3) is 0.364. The summed E-state index contributed by atoms with van der Waals surface area (Å²) in [4.78, 5) is 19.5. The second-order valence-corrected chi connectivity index (χ2v) is 7.48. The summed E-state index contributed by atoms with van der Waals surface area (Å²) in [6.45, 7) is 7.34. The first-order valence-corrected chi connectivity index (χ1v) is 9.67. The van der Waals surface area contributed by atoms with Crippen LogP contribution in [0.4, 0.5) is 5.69 Å². The molecular formula is C22H26N4O. The first-order chi connectivity index (χ1) is 13.1. The standard InChI is InChI=1S/C22H26N4O/c1-16(2)25-12-13-26-20-10-9-18(14-19(20)24-21(26)15-25)23-22(27)11-8-17-6-4-3-5-7-17/h3-7,9-10,14,16H,8,11-13,15H2,1-2H3,(H,23,27). The first-order valence-electron chi connectivity index (χ1n) is 9.67. The second kappa shape index (κ2) is 7.53. The number of benzene rings is 2. The smallest absolute Gasteiger partial charge is 0.224 e. The van der Waals surface area contributed by atoms with Crippen molar-refractivity contribution in [2.45, 2.75) is 45.8 Å². The van der Waals surface area contributed by atoms with Crippen molar-refractivity contribution in [3.63, 3.8) is 0 Å². The Morgan fingerprint density at radius 3 is 2.74 bits per heavy atom. The van der Waals surface area contributed by atoms with Crippen LogP contribution >= 0.6 is 0 Å². The SMILES string of the molecule is CC(C)N1CCn2c(nc3cc(NC(=O)CCc4ccccc4)ccc32)C1. The molecule has 2 heterocycles. The molecule has 1 N–H and O–H groups in total. The lowest BCUT2D eigenvalue weighted by Gasteiger charge is -2.30. The summed E-state index contributed by atoms with van der Waals surface area (Å²) < 4.78 is 2.30. The summed E-state index contributed by atoms with van der Waals surface area (Å²) in [6, 6.07) is 16.7. The highest BCUT2D eigenvalue weighted by atomic mass is 16.1. The zero-order chi connectivity index (χ0) is 18.8. The molecule has 4 rings (SSSR count). The van der Waals surface area contributed by atoms with E-state index in [-0.39, 0.29) is 5.91 Å². The number of carbonyl (C=O) groups is 1. The van der Waals surface area contributed by atoms with E-state index in [0.29, 0.717) is 12.5 Å². The Morgan fingerprint density at radius 1 is 1.15 bits per heavy atom. The van der Waals surface area contributed by atoms with Crippen molar-refractivity contribution in [2.24, 2.45) is 0 Å². The van der Waals surface area contributed by atoms with Gasteiger partial charge in [-0.25, -0.2) is 4.98 Å². The number of carbonyl (C=O) groups excluding carboxylic acids is 1. The number of rotatable bonds is 5. The second-order valence-electron chi connectivity index (χ2n) is 7.48. The van der Waals surface area contributed by atoms with E-state index in [2.05, 4.69) is 46.8 Å². The molecule has 1 aliphatic rings. The molecule has 0 saturated heterocycles. The number of fused-ring (bicyclic) bond motifs is 3. The molecule has 3 aromatic rings. The number of amides is 1. The van der Waals surface area contributed by atoms with Crippen molar-refractivity contribution < 1.29 is 4.79 Å². The Kier molecular flexibility index (Phi) is 4.94. The highest BCUT2D eigenvalue weighted by molar-refractivity contribution is 5.93. The third-order valence-electron chi connectivity index (χ3n) is 5.28. The normalized spacial score (nSPS) is 14.5. The number of nitrogens with zero attached hydrogens (tertiary/aromatic N) is 3. The summed E-state index contributed by atoms with van der Waals surface area (Å²) in [7, 11) is 0. The topological polar surface area (TPSA) is 50.2 Å². The predicted molar refractivity (Wildman–Crippen MR) is 109 cm³/mol. The Bertz CT molecular complexity index is 946. The maximum atomic E-state index is 12.3. The van der Waals surface area contributed by atoms with Crippen LogP contribution in [-0.2, 0) is 24.3 Å². The van der Waals surface area contributed by atoms with Crippen LogP contribution in [0.15, 0.2) is 48.5 Å². The highest BCUT2D eigenvalue weighted by Gasteiger charge is 2.21. The quantitative estimate of drug-likeness (QED) is 0.750. The van der Waals surface area contributed by atoms with Gasteiger partial charge in [0.15, 0.2) is 0 Å². The maximum absolute atomic E-state index is 12.3. The molecule has 0 saturated carbocycles. The molecule has 0 radical (unpaired) electrons. The Labute approximate surface area is 160 Å². The van der Waals surface area contributed by atoms with Crippen molar-refractivity contribution >= 4 is 22.6 Å². The molecule has 5 nitrogen and oxygen atoms in total. The Balaban J connectivity index is 1.45. The lowest BCUT2D eigenvalue weighted by atomic mass is 10.1. The van der Waals surface area contributed by atoms with E-state index in [0.717, 1.165) is 48.6 Å². The van der Waals surface area contributed by atoms with Crippen LogP contribution < -0.4 is 5.32 Å². The van der Waals surface area contributed by atoms with Gasteiger partial charge >= 0.3 is 0 Å². The van der Waals surface area contributed by atoms with E-state index in [1.54, 1.807) is 0 Å². The Morgan fingerprint density at radius 2 is 1.96 bits per heavy atom. The molecular weight excluding hydrogens is 336 g/mol. The van der Waals surface area contributed by atoms with Crippen molar-refractivity contribution in [3.8, 4) is 0 Å². The molecule has 1 aromatic heterocycles. The van der Waals surface area contributed by atoms with Gasteiger partial charge in [0.1, 0.15) is 5.82 Å². The number of imidazole rings is 1. The molecule has 27 heavy (non-hydrogen) atoms. The third-order valence-corrected chi connectivity index (χ3v) is 5.28. The van der Waals surface area contributed by atoms with Crippen LogP contribution in [0.1, 0.15) is 31.7 Å². The van der Waals surface area contributed by atoms with Gasteiger partial charge in [0, 0.05) is 31.2 Å². The van der Waals surface area contributed by atoms with Crippen LogP contribution in [0, 0.1) is 0 Å². The van der Waals surface area contributed by atoms with Gasteiger partial charge in [0.2, 0.25) is 5.91 Å². The summed E-state index contributed by atoms with van der Waals surface area (Å²) >= 11 is 0. The summed E-state index contributed by atoms with van der Waals surface area (Å²) in [5, 5.41) is 3.01. The van der Waals surface area contributed by atoms with Gasteiger partial charge in [-0.2, -0.15) is 0 Å². The molecule has 5 heteroatoms. The minimum Gasteiger partial charge on any atom is -0.326 e. The number of hydrogen-bond acceptors (Lipinski definition) is 3. The van der Waals surface area contributed by atoms with E-state index in [1.807, 2.05) is 30.3 Å². The average molecular weight is 362 g/mol. The molecule has 2 aromatic carbocycles. The molecule has 1 amide bonds. The van der Waals surface area contributed by atoms with E-state index >= 15 is 0 Å². The van der Waals surface area contributed by atoms with E-state index in [4.69, 9.17) is 4.98 Å².